The van der Waals surface area contributed by atoms with E-state index in [1.165, 1.54) is 4.90 Å². The number of rotatable bonds is 5. The summed E-state index contributed by atoms with van der Waals surface area (Å²) >= 11 is 0. The van der Waals surface area contributed by atoms with E-state index < -0.39 is 0 Å². The van der Waals surface area contributed by atoms with Gasteiger partial charge in [-0.25, -0.2) is 5.26 Å². The van der Waals surface area contributed by atoms with Crippen LogP contribution >= 0.6 is 0 Å². The zero-order valence-electron chi connectivity index (χ0n) is 16.2. The second-order valence-corrected chi connectivity index (χ2v) is 8.88. The number of benzene rings is 1. The molecule has 4 aliphatic rings. The summed E-state index contributed by atoms with van der Waals surface area (Å²) < 4.78 is 2.27. The molecule has 4 unspecified atom stereocenters. The van der Waals surface area contributed by atoms with Gasteiger partial charge in [-0.15, -0.1) is 10.2 Å². The number of nitrogens with zero attached hydrogens (tertiary/aromatic N) is 5. The van der Waals surface area contributed by atoms with Gasteiger partial charge in [0, 0.05) is 25.0 Å². The molecule has 1 saturated heterocycles. The van der Waals surface area contributed by atoms with Crippen molar-refractivity contribution in [3.8, 4) is 5.97 Å². The Bertz CT molecular complexity index is 1090. The summed E-state index contributed by atoms with van der Waals surface area (Å²) in [6.07, 6.45) is 3.54. The van der Waals surface area contributed by atoms with Gasteiger partial charge >= 0.3 is 0 Å². The first-order chi connectivity index (χ1) is 14.1. The molecule has 0 bridgehead atoms. The fourth-order valence-electron chi connectivity index (χ4n) is 6.35. The van der Waals surface area contributed by atoms with Crippen molar-refractivity contribution in [1.29, 1.82) is 5.26 Å². The number of hydrogen-bond acceptors (Lipinski definition) is 5. The fourth-order valence-corrected chi connectivity index (χ4v) is 6.35. The Hall–Kier alpha value is -2.95. The maximum absolute atomic E-state index is 12.5. The van der Waals surface area contributed by atoms with Crippen molar-refractivity contribution in [2.75, 3.05) is 6.54 Å². The fraction of sp³-hybridized carbons (Fsp3) is 0.476. The second kappa shape index (κ2) is 5.56. The highest BCUT2D eigenvalue weighted by Gasteiger charge is 2.84. The molecule has 3 fully saturated rings. The summed E-state index contributed by atoms with van der Waals surface area (Å²) in [5.74, 6) is 5.04. The number of amides is 2. The van der Waals surface area contributed by atoms with E-state index in [-0.39, 0.29) is 18.5 Å². The van der Waals surface area contributed by atoms with Crippen LogP contribution in [0, 0.1) is 23.6 Å². The minimum absolute atomic E-state index is 0.207. The van der Waals surface area contributed by atoms with Gasteiger partial charge in [-0.05, 0) is 55.4 Å². The van der Waals surface area contributed by atoms with Crippen molar-refractivity contribution in [2.45, 2.75) is 50.3 Å². The maximum atomic E-state index is 12.5. The van der Waals surface area contributed by atoms with E-state index in [1.807, 2.05) is 6.92 Å². The molecule has 29 heavy (non-hydrogen) atoms. The van der Waals surface area contributed by atoms with Gasteiger partial charge in [-0.3, -0.25) is 14.5 Å². The van der Waals surface area contributed by atoms with Crippen molar-refractivity contribution >= 4 is 18.5 Å². The van der Waals surface area contributed by atoms with Crippen LogP contribution in [0.15, 0.2) is 24.3 Å². The first kappa shape index (κ1) is 17.0. The lowest BCUT2D eigenvalue weighted by atomic mass is 9.20. The van der Waals surface area contributed by atoms with Gasteiger partial charge in [-0.1, -0.05) is 12.1 Å². The first-order valence-electron chi connectivity index (χ1n) is 10.3. The molecular formula is C21H20BN5O2. The molecule has 1 aromatic carbocycles. The normalized spacial score (nSPS) is 30.8. The molecule has 8 heteroatoms. The van der Waals surface area contributed by atoms with E-state index in [0.717, 1.165) is 24.5 Å². The predicted molar refractivity (Wildman–Crippen MR) is 104 cm³/mol. The van der Waals surface area contributed by atoms with Crippen molar-refractivity contribution in [2.24, 2.45) is 5.41 Å². The topological polar surface area (TPSA) is 91.9 Å². The third-order valence-electron chi connectivity index (χ3n) is 7.82. The van der Waals surface area contributed by atoms with Gasteiger partial charge < -0.3 is 4.57 Å². The monoisotopic (exact) mass is 385 g/mol. The Balaban J connectivity index is 1.15. The summed E-state index contributed by atoms with van der Waals surface area (Å²) in [5, 5.41) is 18.0. The smallest absolute Gasteiger partial charge is 0.275 e. The molecule has 4 atom stereocenters. The number of aromatic nitrogens is 3. The lowest BCUT2D eigenvalue weighted by molar-refractivity contribution is 0.0651. The molecule has 0 radical (unpaired) electrons. The van der Waals surface area contributed by atoms with E-state index in [9.17, 15) is 14.9 Å². The molecule has 7 nitrogen and oxygen atoms in total. The molecular weight excluding hydrogens is 365 g/mol. The molecule has 1 spiro atoms. The van der Waals surface area contributed by atoms with Gasteiger partial charge in [-0.2, -0.15) is 0 Å². The van der Waals surface area contributed by atoms with Gasteiger partial charge in [0.25, 0.3) is 18.5 Å². The number of carbonyl (C=O) groups excluding carboxylic acids is 2. The van der Waals surface area contributed by atoms with E-state index in [2.05, 4.69) is 20.7 Å². The Morgan fingerprint density at radius 3 is 2.59 bits per heavy atom. The largest absolute Gasteiger partial charge is 0.312 e. The molecule has 2 amide bonds. The summed E-state index contributed by atoms with van der Waals surface area (Å²) in [4.78, 5) is 26.4. The number of nitriles is 1. The van der Waals surface area contributed by atoms with Crippen molar-refractivity contribution in [3.05, 3.63) is 47.0 Å². The standard InChI is InChI=1S/C21H20BN5O2/c1-12-24-25-18(27(12)17-9-15-21(17)10-16(21)22(15)11-23)7-4-8-26-19(28)13-5-2-3-6-14(13)20(26)29/h2-3,5-6,15-17H,4,7-10H2,1H3. The van der Waals surface area contributed by atoms with Crippen molar-refractivity contribution in [1.82, 2.24) is 19.7 Å². The van der Waals surface area contributed by atoms with Crippen LogP contribution in [0.25, 0.3) is 0 Å². The Morgan fingerprint density at radius 1 is 1.21 bits per heavy atom. The van der Waals surface area contributed by atoms with E-state index >= 15 is 0 Å². The molecule has 0 N–H and O–H groups in total. The van der Waals surface area contributed by atoms with Crippen LogP contribution in [-0.2, 0) is 6.42 Å². The molecule has 1 aromatic heterocycles. The summed E-state index contributed by atoms with van der Waals surface area (Å²) in [6.45, 7) is 2.62. The highest BCUT2D eigenvalue weighted by atomic mass is 16.2. The van der Waals surface area contributed by atoms with Crippen LogP contribution in [0.3, 0.4) is 0 Å². The molecule has 144 valence electrons. The number of carbonyl (C=O) groups is 2. The SMILES string of the molecule is Cc1nnc(CCCN2C(=O)c3ccccc3C2=O)n1C1CC2B(C#N)C3CC231. The average molecular weight is 385 g/mol. The Kier molecular flexibility index (Phi) is 3.25. The maximum Gasteiger partial charge on any atom is 0.275 e. The molecule has 2 aliphatic carbocycles. The van der Waals surface area contributed by atoms with Crippen LogP contribution in [0.2, 0.25) is 11.6 Å². The van der Waals surface area contributed by atoms with Gasteiger partial charge in [0.1, 0.15) is 11.6 Å². The highest BCUT2D eigenvalue weighted by Crippen LogP contribution is 2.90. The van der Waals surface area contributed by atoms with E-state index in [4.69, 9.17) is 0 Å². The van der Waals surface area contributed by atoms with Crippen LogP contribution in [0.1, 0.15) is 57.7 Å². The third kappa shape index (κ3) is 1.98. The molecule has 2 saturated carbocycles. The minimum atomic E-state index is -0.207. The van der Waals surface area contributed by atoms with Crippen LogP contribution < -0.4 is 0 Å². The average Bonchev–Trinajstić information content (AvgIpc) is 3.29. The third-order valence-corrected chi connectivity index (χ3v) is 7.82. The summed E-state index contributed by atoms with van der Waals surface area (Å²) in [7, 11) is 0. The summed E-state index contributed by atoms with van der Waals surface area (Å²) in [5.41, 5.74) is 1.31. The molecule has 2 aromatic rings. The van der Waals surface area contributed by atoms with Crippen molar-refractivity contribution < 1.29 is 9.59 Å². The van der Waals surface area contributed by atoms with Crippen LogP contribution in [0.4, 0.5) is 0 Å². The lowest BCUT2D eigenvalue weighted by Crippen LogP contribution is -2.53. The Labute approximate surface area is 168 Å². The second-order valence-electron chi connectivity index (χ2n) is 8.88. The van der Waals surface area contributed by atoms with Crippen LogP contribution in [-0.4, -0.2) is 44.7 Å². The molecule has 6 rings (SSSR count). The minimum Gasteiger partial charge on any atom is -0.312 e. The predicted octanol–water partition coefficient (Wildman–Crippen LogP) is 2.46. The van der Waals surface area contributed by atoms with Crippen LogP contribution in [0.5, 0.6) is 0 Å². The van der Waals surface area contributed by atoms with E-state index in [0.29, 0.717) is 53.6 Å². The quantitative estimate of drug-likeness (QED) is 0.583. The van der Waals surface area contributed by atoms with Gasteiger partial charge in [0.2, 0.25) is 0 Å². The Morgan fingerprint density at radius 2 is 1.93 bits per heavy atom. The molecule has 2 aliphatic heterocycles. The number of fused-ring (bicyclic) bond motifs is 1. The van der Waals surface area contributed by atoms with E-state index in [1.54, 1.807) is 24.3 Å². The number of aryl methyl sites for hydroxylation is 2. The van der Waals surface area contributed by atoms with Gasteiger partial charge in [0.15, 0.2) is 0 Å². The first-order valence-corrected chi connectivity index (χ1v) is 10.3. The highest BCUT2D eigenvalue weighted by molar-refractivity contribution is 6.75. The number of imide groups is 1. The van der Waals surface area contributed by atoms with Crippen molar-refractivity contribution in [3.63, 3.8) is 0 Å². The van der Waals surface area contributed by atoms with Gasteiger partial charge in [0.05, 0.1) is 11.1 Å². The zero-order chi connectivity index (χ0) is 19.9. The summed E-state index contributed by atoms with van der Waals surface area (Å²) in [6, 6.07) is 7.40. The number of hydrogen-bond donors (Lipinski definition) is 0. The lowest BCUT2D eigenvalue weighted by Gasteiger charge is -2.55. The molecule has 3 heterocycles. The zero-order valence-corrected chi connectivity index (χ0v) is 16.2.